The normalized spacial score (nSPS) is 10.6. The Morgan fingerprint density at radius 1 is 0.920 bits per heavy atom. The number of methoxy groups -OCH3 is 3. The van der Waals surface area contributed by atoms with Crippen molar-refractivity contribution < 1.29 is 19.0 Å². The fourth-order valence-corrected chi connectivity index (χ4v) is 2.57. The summed E-state index contributed by atoms with van der Waals surface area (Å²) >= 11 is 0. The zero-order chi connectivity index (χ0) is 18.4. The minimum Gasteiger partial charge on any atom is -0.497 e. The van der Waals surface area contributed by atoms with Crippen LogP contribution in [0, 0.1) is 13.8 Å². The molecule has 5 nitrogen and oxygen atoms in total. The monoisotopic (exact) mass is 341 g/mol. The van der Waals surface area contributed by atoms with E-state index in [9.17, 15) is 4.79 Å². The van der Waals surface area contributed by atoms with Gasteiger partial charge in [0.25, 0.3) is 0 Å². The first-order valence-corrected chi connectivity index (χ1v) is 7.84. The van der Waals surface area contributed by atoms with Crippen molar-refractivity contribution in [1.29, 1.82) is 0 Å². The Morgan fingerprint density at radius 3 is 2.12 bits per heavy atom. The minimum absolute atomic E-state index is 0.221. The maximum Gasteiger partial charge on any atom is 0.248 e. The Balaban J connectivity index is 2.14. The van der Waals surface area contributed by atoms with E-state index in [-0.39, 0.29) is 5.91 Å². The van der Waals surface area contributed by atoms with Crippen LogP contribution in [-0.2, 0) is 4.79 Å². The molecule has 0 saturated carbocycles. The number of ether oxygens (including phenoxy) is 3. The van der Waals surface area contributed by atoms with Crippen molar-refractivity contribution in [2.45, 2.75) is 13.8 Å². The van der Waals surface area contributed by atoms with Crippen molar-refractivity contribution in [3.8, 4) is 17.2 Å². The van der Waals surface area contributed by atoms with Crippen molar-refractivity contribution in [3.63, 3.8) is 0 Å². The van der Waals surface area contributed by atoms with Crippen LogP contribution in [0.25, 0.3) is 6.08 Å². The summed E-state index contributed by atoms with van der Waals surface area (Å²) < 4.78 is 15.7. The fraction of sp³-hybridized carbons (Fsp3) is 0.250. The van der Waals surface area contributed by atoms with Crippen LogP contribution in [0.2, 0.25) is 0 Å². The van der Waals surface area contributed by atoms with Crippen LogP contribution in [0.15, 0.2) is 36.4 Å². The average molecular weight is 341 g/mol. The first-order chi connectivity index (χ1) is 12.0. The van der Waals surface area contributed by atoms with Crippen molar-refractivity contribution in [2.75, 3.05) is 26.6 Å². The smallest absolute Gasteiger partial charge is 0.248 e. The van der Waals surface area contributed by atoms with E-state index in [0.29, 0.717) is 17.2 Å². The third kappa shape index (κ3) is 4.53. The largest absolute Gasteiger partial charge is 0.497 e. The van der Waals surface area contributed by atoms with Crippen molar-refractivity contribution in [1.82, 2.24) is 0 Å². The van der Waals surface area contributed by atoms with E-state index in [1.807, 2.05) is 26.0 Å². The molecule has 0 spiro atoms. The number of carbonyl (C=O) groups excluding carboxylic acids is 1. The summed E-state index contributed by atoms with van der Waals surface area (Å²) in [6.45, 7) is 3.98. The highest BCUT2D eigenvalue weighted by Crippen LogP contribution is 2.29. The lowest BCUT2D eigenvalue weighted by Crippen LogP contribution is -2.08. The summed E-state index contributed by atoms with van der Waals surface area (Å²) in [4.78, 5) is 12.2. The predicted octanol–water partition coefficient (Wildman–Crippen LogP) is 3.98. The van der Waals surface area contributed by atoms with Gasteiger partial charge in [0.05, 0.1) is 21.3 Å². The molecular weight excluding hydrogens is 318 g/mol. The molecule has 0 aliphatic rings. The van der Waals surface area contributed by atoms with Crippen LogP contribution in [0.5, 0.6) is 17.2 Å². The SMILES string of the molecule is COc1cc(C)c(/C=C/C(=O)Nc2ccc(OC)c(OC)c2)c(C)c1. The van der Waals surface area contributed by atoms with Crippen LogP contribution in [0.1, 0.15) is 16.7 Å². The number of benzene rings is 2. The standard InChI is InChI=1S/C20H23NO4/c1-13-10-16(23-3)11-14(2)17(13)7-9-20(22)21-15-6-8-18(24-4)19(12-15)25-5/h6-12H,1-5H3,(H,21,22)/b9-7+. The summed E-state index contributed by atoms with van der Waals surface area (Å²) in [7, 11) is 4.76. The Labute approximate surface area is 148 Å². The van der Waals surface area contributed by atoms with Gasteiger partial charge in [-0.1, -0.05) is 0 Å². The third-order valence-corrected chi connectivity index (χ3v) is 3.86. The first kappa shape index (κ1) is 18.4. The Hall–Kier alpha value is -2.95. The molecule has 1 N–H and O–H groups in total. The van der Waals surface area contributed by atoms with Crippen LogP contribution < -0.4 is 19.5 Å². The Bertz CT molecular complexity index is 773. The lowest BCUT2D eigenvalue weighted by molar-refractivity contribution is -0.111. The van der Waals surface area contributed by atoms with Gasteiger partial charge in [0.2, 0.25) is 5.91 Å². The van der Waals surface area contributed by atoms with Gasteiger partial charge in [-0.25, -0.2) is 0 Å². The Morgan fingerprint density at radius 2 is 1.56 bits per heavy atom. The molecule has 0 bridgehead atoms. The topological polar surface area (TPSA) is 56.8 Å². The molecule has 2 aromatic rings. The molecule has 0 aliphatic heterocycles. The first-order valence-electron chi connectivity index (χ1n) is 7.84. The van der Waals surface area contributed by atoms with Crippen LogP contribution >= 0.6 is 0 Å². The van der Waals surface area contributed by atoms with Gasteiger partial charge >= 0.3 is 0 Å². The Kier molecular flexibility index (Phi) is 6.06. The number of aryl methyl sites for hydroxylation is 2. The van der Waals surface area contributed by atoms with E-state index >= 15 is 0 Å². The fourth-order valence-electron chi connectivity index (χ4n) is 2.57. The van der Waals surface area contributed by atoms with Crippen molar-refractivity contribution >= 4 is 17.7 Å². The summed E-state index contributed by atoms with van der Waals surface area (Å²) in [5.41, 5.74) is 3.73. The quantitative estimate of drug-likeness (QED) is 0.808. The maximum atomic E-state index is 12.2. The predicted molar refractivity (Wildman–Crippen MR) is 99.7 cm³/mol. The van der Waals surface area contributed by atoms with E-state index < -0.39 is 0 Å². The molecule has 1 amide bonds. The highest BCUT2D eigenvalue weighted by molar-refractivity contribution is 6.02. The highest BCUT2D eigenvalue weighted by atomic mass is 16.5. The third-order valence-electron chi connectivity index (χ3n) is 3.86. The van der Waals surface area contributed by atoms with Gasteiger partial charge in [0.15, 0.2) is 11.5 Å². The van der Waals surface area contributed by atoms with Gasteiger partial charge in [-0.05, 0) is 60.9 Å². The molecule has 0 aromatic heterocycles. The number of nitrogens with one attached hydrogen (secondary N) is 1. The molecule has 132 valence electrons. The minimum atomic E-state index is -0.221. The molecule has 0 aliphatic carbocycles. The molecule has 0 radical (unpaired) electrons. The van der Waals surface area contributed by atoms with Crippen molar-refractivity contribution in [2.24, 2.45) is 0 Å². The number of hydrogen-bond acceptors (Lipinski definition) is 4. The van der Waals surface area contributed by atoms with Crippen molar-refractivity contribution in [3.05, 3.63) is 53.1 Å². The van der Waals surface area contributed by atoms with E-state index in [4.69, 9.17) is 14.2 Å². The number of anilines is 1. The number of hydrogen-bond donors (Lipinski definition) is 1. The number of amides is 1. The van der Waals surface area contributed by atoms with Gasteiger partial charge in [0, 0.05) is 17.8 Å². The van der Waals surface area contributed by atoms with E-state index in [1.54, 1.807) is 45.6 Å². The second kappa shape index (κ2) is 8.24. The lowest BCUT2D eigenvalue weighted by Gasteiger charge is -2.10. The molecule has 0 heterocycles. The summed E-state index contributed by atoms with van der Waals surface area (Å²) in [6.07, 6.45) is 3.32. The van der Waals surface area contributed by atoms with Crippen LogP contribution in [0.4, 0.5) is 5.69 Å². The average Bonchev–Trinajstić information content (AvgIpc) is 2.60. The molecule has 2 rings (SSSR count). The lowest BCUT2D eigenvalue weighted by atomic mass is 10.0. The zero-order valence-corrected chi connectivity index (χ0v) is 15.2. The highest BCUT2D eigenvalue weighted by Gasteiger charge is 2.07. The molecule has 0 saturated heterocycles. The molecule has 0 fully saturated rings. The second-order valence-corrected chi connectivity index (χ2v) is 5.57. The van der Waals surface area contributed by atoms with Gasteiger partial charge in [-0.2, -0.15) is 0 Å². The summed E-state index contributed by atoms with van der Waals surface area (Å²) in [5, 5.41) is 2.81. The second-order valence-electron chi connectivity index (χ2n) is 5.57. The molecule has 25 heavy (non-hydrogen) atoms. The summed E-state index contributed by atoms with van der Waals surface area (Å²) in [6, 6.07) is 9.11. The maximum absolute atomic E-state index is 12.2. The molecule has 0 unspecified atom stereocenters. The van der Waals surface area contributed by atoms with Gasteiger partial charge in [-0.15, -0.1) is 0 Å². The van der Waals surface area contributed by atoms with E-state index in [2.05, 4.69) is 5.32 Å². The molecule has 0 atom stereocenters. The van der Waals surface area contributed by atoms with E-state index in [1.165, 1.54) is 6.08 Å². The molecule has 5 heteroatoms. The summed E-state index contributed by atoms with van der Waals surface area (Å²) in [5.74, 6) is 1.76. The molecular formula is C20H23NO4. The van der Waals surface area contributed by atoms with E-state index in [0.717, 1.165) is 22.4 Å². The number of rotatable bonds is 6. The van der Waals surface area contributed by atoms with Crippen LogP contribution in [-0.4, -0.2) is 27.2 Å². The zero-order valence-electron chi connectivity index (χ0n) is 15.2. The van der Waals surface area contributed by atoms with Gasteiger partial charge in [-0.3, -0.25) is 4.79 Å². The van der Waals surface area contributed by atoms with Gasteiger partial charge in [0.1, 0.15) is 5.75 Å². The number of carbonyl (C=O) groups is 1. The molecule has 2 aromatic carbocycles. The van der Waals surface area contributed by atoms with Gasteiger partial charge < -0.3 is 19.5 Å². The van der Waals surface area contributed by atoms with Crippen LogP contribution in [0.3, 0.4) is 0 Å².